The van der Waals surface area contributed by atoms with Gasteiger partial charge in [0.15, 0.2) is 0 Å². The number of fused-ring (bicyclic) bond motifs is 1. The molecule has 0 bridgehead atoms. The van der Waals surface area contributed by atoms with Crippen LogP contribution >= 0.6 is 23.4 Å². The van der Waals surface area contributed by atoms with E-state index < -0.39 is 17.6 Å². The van der Waals surface area contributed by atoms with Crippen LogP contribution in [-0.4, -0.2) is 30.0 Å². The first-order valence-electron chi connectivity index (χ1n) is 12.8. The normalized spacial score (nSPS) is 12.5. The summed E-state index contributed by atoms with van der Waals surface area (Å²) in [6.45, 7) is 0.679. The van der Waals surface area contributed by atoms with Gasteiger partial charge in [0, 0.05) is 33.9 Å². The number of rotatable bonds is 8. The number of amides is 3. The quantitative estimate of drug-likeness (QED) is 0.181. The van der Waals surface area contributed by atoms with E-state index >= 15 is 0 Å². The van der Waals surface area contributed by atoms with Crippen LogP contribution in [0.15, 0.2) is 108 Å². The van der Waals surface area contributed by atoms with E-state index in [1.807, 2.05) is 29.2 Å². The highest BCUT2D eigenvalue weighted by Crippen LogP contribution is 2.29. The van der Waals surface area contributed by atoms with E-state index in [4.69, 9.17) is 11.6 Å². The van der Waals surface area contributed by atoms with E-state index in [0.717, 1.165) is 17.0 Å². The Morgan fingerprint density at radius 2 is 1.63 bits per heavy atom. The molecule has 0 unspecified atom stereocenters. The van der Waals surface area contributed by atoms with Gasteiger partial charge in [0.1, 0.15) is 11.5 Å². The van der Waals surface area contributed by atoms with E-state index in [9.17, 15) is 18.8 Å². The zero-order valence-corrected chi connectivity index (χ0v) is 23.3. The lowest BCUT2D eigenvalue weighted by atomic mass is 10.1. The first-order chi connectivity index (χ1) is 19.9. The third-order valence-electron chi connectivity index (χ3n) is 6.48. The Bertz CT molecular complexity index is 1610. The lowest BCUT2D eigenvalue weighted by molar-refractivity contribution is -0.116. The molecule has 5 rings (SSSR count). The molecule has 0 aliphatic carbocycles. The minimum absolute atomic E-state index is 0.0234. The van der Waals surface area contributed by atoms with Gasteiger partial charge in [0.05, 0.1) is 10.8 Å². The van der Waals surface area contributed by atoms with Crippen molar-refractivity contribution in [2.45, 2.75) is 11.3 Å². The van der Waals surface area contributed by atoms with Crippen LogP contribution in [0.2, 0.25) is 5.02 Å². The van der Waals surface area contributed by atoms with Crippen LogP contribution < -0.4 is 15.5 Å². The number of nitrogens with one attached hydrogen (secondary N) is 2. The number of carbonyl (C=O) groups excluding carboxylic acids is 3. The lowest BCUT2D eigenvalue weighted by Gasteiger charge is -2.17. The molecule has 0 fully saturated rings. The van der Waals surface area contributed by atoms with Crippen molar-refractivity contribution in [3.63, 3.8) is 0 Å². The molecule has 4 aromatic rings. The molecule has 3 amide bonds. The molecule has 0 saturated carbocycles. The fourth-order valence-electron chi connectivity index (χ4n) is 4.39. The molecular formula is C32H25ClFN3O3S. The summed E-state index contributed by atoms with van der Waals surface area (Å²) >= 11 is 7.58. The van der Waals surface area contributed by atoms with Gasteiger partial charge in [-0.1, -0.05) is 54.1 Å². The Morgan fingerprint density at radius 1 is 0.902 bits per heavy atom. The maximum absolute atomic E-state index is 14.5. The molecule has 1 heterocycles. The first kappa shape index (κ1) is 28.1. The van der Waals surface area contributed by atoms with Gasteiger partial charge in [0.2, 0.25) is 5.91 Å². The Hall–Kier alpha value is -4.40. The molecule has 0 saturated heterocycles. The summed E-state index contributed by atoms with van der Waals surface area (Å²) < 4.78 is 14.5. The van der Waals surface area contributed by atoms with Gasteiger partial charge in [0.25, 0.3) is 11.8 Å². The zero-order valence-electron chi connectivity index (χ0n) is 21.8. The standard InChI is InChI=1S/C32H25ClFN3O3S/c33-26-10-6-11-27(34)25(26)19-28(36-31(39)22-8-2-1-3-9-22)32(40)35-23-13-15-24(16-14-23)41-20-30(38)37-18-17-21-7-4-5-12-29(21)37/h1-16,19H,17-18,20H2,(H,35,40)(H,36,39). The summed E-state index contributed by atoms with van der Waals surface area (Å²) in [5.74, 6) is -1.51. The highest BCUT2D eigenvalue weighted by molar-refractivity contribution is 8.00. The molecule has 0 atom stereocenters. The molecule has 4 aromatic carbocycles. The van der Waals surface area contributed by atoms with Crippen LogP contribution in [0.25, 0.3) is 6.08 Å². The van der Waals surface area contributed by atoms with E-state index in [1.165, 1.54) is 41.6 Å². The number of halogens is 2. The van der Waals surface area contributed by atoms with Gasteiger partial charge in [-0.2, -0.15) is 0 Å². The largest absolute Gasteiger partial charge is 0.321 e. The summed E-state index contributed by atoms with van der Waals surface area (Å²) in [5, 5.41) is 5.40. The SMILES string of the molecule is O=C(Nc1ccc(SCC(=O)N2CCc3ccccc32)cc1)C(=Cc1c(F)cccc1Cl)NC(=O)c1ccccc1. The summed E-state index contributed by atoms with van der Waals surface area (Å²) in [5.41, 5.74) is 2.73. The number of anilines is 2. The number of thioether (sulfide) groups is 1. The van der Waals surface area contributed by atoms with Crippen molar-refractivity contribution < 1.29 is 18.8 Å². The van der Waals surface area contributed by atoms with E-state index in [1.54, 1.807) is 54.6 Å². The van der Waals surface area contributed by atoms with Crippen LogP contribution in [0, 0.1) is 5.82 Å². The molecule has 6 nitrogen and oxygen atoms in total. The van der Waals surface area contributed by atoms with E-state index in [-0.39, 0.29) is 27.9 Å². The number of carbonyl (C=O) groups is 3. The second-order valence-corrected chi connectivity index (χ2v) is 10.7. The summed E-state index contributed by atoms with van der Waals surface area (Å²) in [6.07, 6.45) is 2.06. The smallest absolute Gasteiger partial charge is 0.272 e. The molecule has 0 aromatic heterocycles. The molecule has 0 spiro atoms. The molecule has 9 heteroatoms. The Morgan fingerprint density at radius 3 is 2.39 bits per heavy atom. The molecule has 41 heavy (non-hydrogen) atoms. The molecule has 2 N–H and O–H groups in total. The van der Waals surface area contributed by atoms with Crippen molar-refractivity contribution in [2.24, 2.45) is 0 Å². The van der Waals surface area contributed by atoms with Crippen molar-refractivity contribution >= 4 is 58.5 Å². The number of hydrogen-bond acceptors (Lipinski definition) is 4. The molecule has 1 aliphatic rings. The highest BCUT2D eigenvalue weighted by Gasteiger charge is 2.24. The van der Waals surface area contributed by atoms with Crippen molar-refractivity contribution in [1.82, 2.24) is 5.32 Å². The minimum Gasteiger partial charge on any atom is -0.321 e. The Labute approximate surface area is 246 Å². The fraction of sp³-hybridized carbons (Fsp3) is 0.0938. The van der Waals surface area contributed by atoms with Gasteiger partial charge >= 0.3 is 0 Å². The average molecular weight is 586 g/mol. The number of benzene rings is 4. The third kappa shape index (κ3) is 6.85. The average Bonchev–Trinajstić information content (AvgIpc) is 3.43. The third-order valence-corrected chi connectivity index (χ3v) is 7.81. The van der Waals surface area contributed by atoms with E-state index in [0.29, 0.717) is 17.8 Å². The topological polar surface area (TPSA) is 78.5 Å². The predicted octanol–water partition coefficient (Wildman–Crippen LogP) is 6.57. The van der Waals surface area contributed by atoms with Gasteiger partial charge in [-0.25, -0.2) is 4.39 Å². The van der Waals surface area contributed by atoms with Crippen LogP contribution in [-0.2, 0) is 16.0 Å². The maximum atomic E-state index is 14.5. The van der Waals surface area contributed by atoms with Crippen LogP contribution in [0.3, 0.4) is 0 Å². The van der Waals surface area contributed by atoms with E-state index in [2.05, 4.69) is 10.6 Å². The van der Waals surface area contributed by atoms with Crippen molar-refractivity contribution in [2.75, 3.05) is 22.5 Å². The maximum Gasteiger partial charge on any atom is 0.272 e. The second kappa shape index (κ2) is 12.8. The molecule has 1 aliphatic heterocycles. The van der Waals surface area contributed by atoms with Gasteiger partial charge in [-0.3, -0.25) is 14.4 Å². The molecular weight excluding hydrogens is 561 g/mol. The van der Waals surface area contributed by atoms with Crippen LogP contribution in [0.1, 0.15) is 21.5 Å². The van der Waals surface area contributed by atoms with Crippen molar-refractivity contribution in [3.05, 3.63) is 130 Å². The Kier molecular flexibility index (Phi) is 8.82. The second-order valence-electron chi connectivity index (χ2n) is 9.20. The lowest BCUT2D eigenvalue weighted by Crippen LogP contribution is -2.30. The highest BCUT2D eigenvalue weighted by atomic mass is 35.5. The minimum atomic E-state index is -0.656. The number of para-hydroxylation sites is 1. The first-order valence-corrected chi connectivity index (χ1v) is 14.2. The Balaban J connectivity index is 1.26. The van der Waals surface area contributed by atoms with Crippen molar-refractivity contribution in [1.29, 1.82) is 0 Å². The number of nitrogens with zero attached hydrogens (tertiary/aromatic N) is 1. The monoisotopic (exact) mass is 585 g/mol. The number of hydrogen-bond donors (Lipinski definition) is 2. The fourth-order valence-corrected chi connectivity index (χ4v) is 5.38. The van der Waals surface area contributed by atoms with Gasteiger partial charge in [-0.05, 0) is 72.7 Å². The zero-order chi connectivity index (χ0) is 28.8. The van der Waals surface area contributed by atoms with Gasteiger partial charge in [-0.15, -0.1) is 11.8 Å². The molecule has 0 radical (unpaired) electrons. The summed E-state index contributed by atoms with van der Waals surface area (Å²) in [6, 6.07) is 27.4. The molecule has 206 valence electrons. The summed E-state index contributed by atoms with van der Waals surface area (Å²) in [7, 11) is 0. The van der Waals surface area contributed by atoms with Gasteiger partial charge < -0.3 is 15.5 Å². The van der Waals surface area contributed by atoms with Crippen LogP contribution in [0.4, 0.5) is 15.8 Å². The van der Waals surface area contributed by atoms with Crippen molar-refractivity contribution in [3.8, 4) is 0 Å². The predicted molar refractivity (Wildman–Crippen MR) is 162 cm³/mol. The van der Waals surface area contributed by atoms with Crippen LogP contribution in [0.5, 0.6) is 0 Å². The summed E-state index contributed by atoms with van der Waals surface area (Å²) in [4.78, 5) is 41.6.